The van der Waals surface area contributed by atoms with E-state index in [0.29, 0.717) is 0 Å². The Balaban J connectivity index is 1.79. The van der Waals surface area contributed by atoms with Gasteiger partial charge in [-0.3, -0.25) is 14.2 Å². The molecule has 1 amide bonds. The molecule has 1 fully saturated rings. The molecule has 6 nitrogen and oxygen atoms in total. The molecule has 25 heavy (non-hydrogen) atoms. The zero-order valence-electron chi connectivity index (χ0n) is 16.2. The number of amides is 1. The minimum Gasteiger partial charge on any atom is -0.337 e. The molecule has 0 radical (unpaired) electrons. The Morgan fingerprint density at radius 3 is 2.56 bits per heavy atom. The molecule has 2 aromatic heterocycles. The van der Waals surface area contributed by atoms with Gasteiger partial charge in [0.2, 0.25) is 5.91 Å². The monoisotopic (exact) mass is 343 g/mol. The van der Waals surface area contributed by atoms with Gasteiger partial charge >= 0.3 is 0 Å². The fourth-order valence-electron chi connectivity index (χ4n) is 4.16. The summed E-state index contributed by atoms with van der Waals surface area (Å²) in [5, 5.41) is 9.04. The number of likely N-dealkylation sites (tertiary alicyclic amines) is 1. The number of carbonyl (C=O) groups is 1. The minimum absolute atomic E-state index is 0.158. The van der Waals surface area contributed by atoms with Crippen molar-refractivity contribution in [1.82, 2.24) is 24.5 Å². The van der Waals surface area contributed by atoms with Gasteiger partial charge in [0.05, 0.1) is 29.9 Å². The van der Waals surface area contributed by atoms with E-state index in [4.69, 9.17) is 0 Å². The van der Waals surface area contributed by atoms with Crippen molar-refractivity contribution in [3.8, 4) is 0 Å². The molecule has 0 aromatic carbocycles. The van der Waals surface area contributed by atoms with Crippen LogP contribution in [0.1, 0.15) is 54.0 Å². The fourth-order valence-corrected chi connectivity index (χ4v) is 4.16. The summed E-state index contributed by atoms with van der Waals surface area (Å²) < 4.78 is 3.91. The van der Waals surface area contributed by atoms with Crippen LogP contribution in [-0.2, 0) is 18.4 Å². The van der Waals surface area contributed by atoms with E-state index in [1.54, 1.807) is 0 Å². The Morgan fingerprint density at radius 2 is 2.00 bits per heavy atom. The number of hydrogen-bond acceptors (Lipinski definition) is 3. The lowest BCUT2D eigenvalue weighted by atomic mass is 9.97. The number of aromatic nitrogens is 4. The Labute approximate surface area is 149 Å². The Bertz CT molecular complexity index is 788. The lowest BCUT2D eigenvalue weighted by molar-refractivity contribution is -0.133. The smallest absolute Gasteiger partial charge is 0.230 e. The van der Waals surface area contributed by atoms with E-state index >= 15 is 0 Å². The highest BCUT2D eigenvalue weighted by atomic mass is 16.2. The quantitative estimate of drug-likeness (QED) is 0.857. The van der Waals surface area contributed by atoms with Crippen molar-refractivity contribution in [3.05, 3.63) is 34.4 Å². The second-order valence-electron chi connectivity index (χ2n) is 7.37. The van der Waals surface area contributed by atoms with Crippen molar-refractivity contribution >= 4 is 5.91 Å². The molecule has 2 atom stereocenters. The number of aryl methyl sites for hydroxylation is 4. The molecule has 1 aliphatic heterocycles. The molecule has 1 saturated heterocycles. The summed E-state index contributed by atoms with van der Waals surface area (Å²) >= 11 is 0. The molecular formula is C19H29N5O. The van der Waals surface area contributed by atoms with E-state index in [2.05, 4.69) is 28.1 Å². The maximum absolute atomic E-state index is 13.2. The average molecular weight is 343 g/mol. The minimum atomic E-state index is -0.158. The van der Waals surface area contributed by atoms with Crippen LogP contribution in [0.3, 0.4) is 0 Å². The van der Waals surface area contributed by atoms with Gasteiger partial charge in [-0.1, -0.05) is 0 Å². The molecule has 1 aliphatic rings. The maximum Gasteiger partial charge on any atom is 0.230 e. The molecule has 2 unspecified atom stereocenters. The van der Waals surface area contributed by atoms with Crippen LogP contribution in [-0.4, -0.2) is 43.0 Å². The van der Waals surface area contributed by atoms with Gasteiger partial charge < -0.3 is 4.90 Å². The van der Waals surface area contributed by atoms with E-state index in [1.807, 2.05) is 44.1 Å². The third kappa shape index (κ3) is 3.22. The van der Waals surface area contributed by atoms with Crippen molar-refractivity contribution in [2.45, 2.75) is 66.0 Å². The second-order valence-corrected chi connectivity index (χ2v) is 7.37. The lowest BCUT2D eigenvalue weighted by Gasteiger charge is -2.28. The zero-order chi connectivity index (χ0) is 18.3. The summed E-state index contributed by atoms with van der Waals surface area (Å²) in [6.45, 7) is 11.7. The van der Waals surface area contributed by atoms with Gasteiger partial charge in [-0.15, -0.1) is 0 Å². The Hall–Kier alpha value is -2.11. The number of carbonyl (C=O) groups excluding carboxylic acids is 1. The molecule has 0 aliphatic carbocycles. The summed E-state index contributed by atoms with van der Waals surface area (Å²) in [4.78, 5) is 15.3. The van der Waals surface area contributed by atoms with E-state index in [9.17, 15) is 4.79 Å². The van der Waals surface area contributed by atoms with Gasteiger partial charge in [0.1, 0.15) is 0 Å². The number of nitrogens with zero attached hydrogens (tertiary/aromatic N) is 5. The molecule has 0 saturated carbocycles. The van der Waals surface area contributed by atoms with Crippen molar-refractivity contribution in [3.63, 3.8) is 0 Å². The summed E-state index contributed by atoms with van der Waals surface area (Å²) in [6.07, 6.45) is 2.11. The highest BCUT2D eigenvalue weighted by Crippen LogP contribution is 2.29. The van der Waals surface area contributed by atoms with Crippen LogP contribution >= 0.6 is 0 Å². The summed E-state index contributed by atoms with van der Waals surface area (Å²) in [5.74, 6) is 0.0537. The molecule has 2 aromatic rings. The molecule has 3 rings (SSSR count). The van der Waals surface area contributed by atoms with Crippen molar-refractivity contribution in [1.29, 1.82) is 0 Å². The molecule has 136 valence electrons. The molecule has 0 spiro atoms. The van der Waals surface area contributed by atoms with Gasteiger partial charge in [0, 0.05) is 30.5 Å². The summed E-state index contributed by atoms with van der Waals surface area (Å²) in [7, 11) is 1.94. The van der Waals surface area contributed by atoms with Crippen LogP contribution in [0, 0.1) is 27.7 Å². The van der Waals surface area contributed by atoms with Crippen LogP contribution in [0.25, 0.3) is 0 Å². The van der Waals surface area contributed by atoms with Crippen LogP contribution in [0.15, 0.2) is 6.07 Å². The SMILES string of the molecule is Cc1cc(C)n(CC2CCCN2C(=O)C(C)c2c(C)nn(C)c2C)n1. The fraction of sp³-hybridized carbons (Fsp3) is 0.632. The third-order valence-corrected chi connectivity index (χ3v) is 5.52. The average Bonchev–Trinajstić information content (AvgIpc) is 3.19. The first-order chi connectivity index (χ1) is 11.8. The number of rotatable bonds is 4. The van der Waals surface area contributed by atoms with E-state index in [-0.39, 0.29) is 17.9 Å². The van der Waals surface area contributed by atoms with Gasteiger partial charge in [-0.05, 0) is 53.5 Å². The third-order valence-electron chi connectivity index (χ3n) is 5.52. The van der Waals surface area contributed by atoms with Crippen LogP contribution in [0.5, 0.6) is 0 Å². The van der Waals surface area contributed by atoms with Crippen LogP contribution < -0.4 is 0 Å². The first kappa shape index (κ1) is 17.7. The van der Waals surface area contributed by atoms with Crippen LogP contribution in [0.4, 0.5) is 0 Å². The molecule has 6 heteroatoms. The second kappa shape index (κ2) is 6.65. The van der Waals surface area contributed by atoms with Crippen molar-refractivity contribution in [2.24, 2.45) is 7.05 Å². The topological polar surface area (TPSA) is 56.0 Å². The van der Waals surface area contributed by atoms with Crippen molar-refractivity contribution < 1.29 is 4.79 Å². The Kier molecular flexibility index (Phi) is 4.71. The largest absolute Gasteiger partial charge is 0.337 e. The molecular weight excluding hydrogens is 314 g/mol. The van der Waals surface area contributed by atoms with Gasteiger partial charge in [-0.25, -0.2) is 0 Å². The predicted molar refractivity (Wildman–Crippen MR) is 97.5 cm³/mol. The molecule has 0 N–H and O–H groups in total. The van der Waals surface area contributed by atoms with Gasteiger partial charge in [0.25, 0.3) is 0 Å². The van der Waals surface area contributed by atoms with Crippen molar-refractivity contribution in [2.75, 3.05) is 6.54 Å². The van der Waals surface area contributed by atoms with Crippen LogP contribution in [0.2, 0.25) is 0 Å². The first-order valence-electron chi connectivity index (χ1n) is 9.11. The molecule has 0 bridgehead atoms. The lowest BCUT2D eigenvalue weighted by Crippen LogP contribution is -2.40. The normalized spacial score (nSPS) is 18.8. The van der Waals surface area contributed by atoms with Gasteiger partial charge in [0.15, 0.2) is 0 Å². The highest BCUT2D eigenvalue weighted by Gasteiger charge is 2.34. The Morgan fingerprint density at radius 1 is 1.28 bits per heavy atom. The number of hydrogen-bond donors (Lipinski definition) is 0. The molecule has 3 heterocycles. The van der Waals surface area contributed by atoms with E-state index in [0.717, 1.165) is 54.3 Å². The van der Waals surface area contributed by atoms with E-state index in [1.165, 1.54) is 0 Å². The predicted octanol–water partition coefficient (Wildman–Crippen LogP) is 2.64. The standard InChI is InChI=1S/C19H29N5O/c1-12-10-13(2)24(20-12)11-17-8-7-9-23(17)19(25)14(3)18-15(4)21-22(6)16(18)5/h10,14,17H,7-9,11H2,1-6H3. The van der Waals surface area contributed by atoms with Gasteiger partial charge in [-0.2, -0.15) is 10.2 Å². The zero-order valence-corrected chi connectivity index (χ0v) is 16.2. The highest BCUT2D eigenvalue weighted by molar-refractivity contribution is 5.84. The summed E-state index contributed by atoms with van der Waals surface area (Å²) in [6, 6.07) is 2.32. The first-order valence-corrected chi connectivity index (χ1v) is 9.11. The maximum atomic E-state index is 13.2. The van der Waals surface area contributed by atoms with E-state index < -0.39 is 0 Å². The summed E-state index contributed by atoms with van der Waals surface area (Å²) in [5.41, 5.74) is 5.29.